The van der Waals surface area contributed by atoms with Crippen LogP contribution in [0.25, 0.3) is 11.8 Å². The highest BCUT2D eigenvalue weighted by Gasteiger charge is 2.34. The van der Waals surface area contributed by atoms with Crippen molar-refractivity contribution in [1.29, 1.82) is 0 Å². The monoisotopic (exact) mass is 480 g/mol. The van der Waals surface area contributed by atoms with Crippen LogP contribution in [0.4, 0.5) is 5.69 Å². The molecule has 2 amide bonds. The van der Waals surface area contributed by atoms with Gasteiger partial charge in [0.05, 0.1) is 17.6 Å². The molecule has 1 aliphatic rings. The summed E-state index contributed by atoms with van der Waals surface area (Å²) < 4.78 is 7.50. The molecule has 5 rings (SSSR count). The van der Waals surface area contributed by atoms with Crippen LogP contribution in [0.2, 0.25) is 0 Å². The topological polar surface area (TPSA) is 76.5 Å². The smallest absolute Gasteiger partial charge is 0.270 e. The van der Waals surface area contributed by atoms with E-state index in [9.17, 15) is 9.59 Å². The number of aryl methyl sites for hydroxylation is 1. The van der Waals surface area contributed by atoms with Gasteiger partial charge in [-0.15, -0.1) is 0 Å². The van der Waals surface area contributed by atoms with Gasteiger partial charge >= 0.3 is 0 Å². The maximum Gasteiger partial charge on any atom is 0.270 e. The summed E-state index contributed by atoms with van der Waals surface area (Å²) in [5.41, 5.74) is 3.11. The van der Waals surface area contributed by atoms with Crippen LogP contribution in [0.1, 0.15) is 11.1 Å². The highest BCUT2D eigenvalue weighted by Crippen LogP contribution is 2.27. The first-order valence-electron chi connectivity index (χ1n) is 10.8. The summed E-state index contributed by atoms with van der Waals surface area (Å²) in [5.74, 6) is 0.245. The van der Waals surface area contributed by atoms with Gasteiger partial charge in [-0.3, -0.25) is 19.8 Å². The lowest BCUT2D eigenvalue weighted by Crippen LogP contribution is -2.54. The van der Waals surface area contributed by atoms with Crippen molar-refractivity contribution in [1.82, 2.24) is 15.1 Å². The summed E-state index contributed by atoms with van der Waals surface area (Å²) >= 11 is 5.30. The standard InChI is InChI=1S/C27H20N4O3S/c1-18-7-9-20(10-8-18)30-17-19(16-28-30)15-24-25(32)29-27(35)31(26(24)33)21-11-13-23(14-12-21)34-22-5-3-2-4-6-22/h2-17H,1H3,(H,29,32,35). The number of ether oxygens (including phenoxy) is 1. The van der Waals surface area contributed by atoms with Gasteiger partial charge in [0.25, 0.3) is 11.8 Å². The van der Waals surface area contributed by atoms with Gasteiger partial charge in [-0.05, 0) is 73.7 Å². The number of para-hydroxylation sites is 1. The zero-order chi connectivity index (χ0) is 24.4. The average Bonchev–Trinajstić information content (AvgIpc) is 3.32. The second-order valence-corrected chi connectivity index (χ2v) is 8.31. The molecule has 2 heterocycles. The number of amides is 2. The third-order valence-corrected chi connectivity index (χ3v) is 5.67. The lowest BCUT2D eigenvalue weighted by atomic mass is 10.1. The van der Waals surface area contributed by atoms with Crippen LogP contribution in [0, 0.1) is 6.92 Å². The molecule has 0 radical (unpaired) electrons. The number of hydrogen-bond acceptors (Lipinski definition) is 5. The predicted octanol–water partition coefficient (Wildman–Crippen LogP) is 4.80. The van der Waals surface area contributed by atoms with Gasteiger partial charge in [-0.2, -0.15) is 5.10 Å². The summed E-state index contributed by atoms with van der Waals surface area (Å²) in [4.78, 5) is 27.2. The van der Waals surface area contributed by atoms with E-state index in [-0.39, 0.29) is 10.7 Å². The highest BCUT2D eigenvalue weighted by molar-refractivity contribution is 7.80. The molecule has 3 aromatic carbocycles. The molecule has 4 aromatic rings. The van der Waals surface area contributed by atoms with Crippen molar-refractivity contribution in [3.8, 4) is 17.2 Å². The van der Waals surface area contributed by atoms with E-state index in [1.807, 2.05) is 61.5 Å². The fourth-order valence-electron chi connectivity index (χ4n) is 3.60. The molecule has 172 valence electrons. The Bertz CT molecular complexity index is 1440. The second kappa shape index (κ2) is 9.36. The van der Waals surface area contributed by atoms with Crippen LogP contribution in [-0.2, 0) is 9.59 Å². The first kappa shape index (κ1) is 22.2. The molecule has 1 aromatic heterocycles. The number of hydrogen-bond donors (Lipinski definition) is 1. The summed E-state index contributed by atoms with van der Waals surface area (Å²) in [6.07, 6.45) is 4.86. The van der Waals surface area contributed by atoms with E-state index in [1.165, 1.54) is 11.0 Å². The van der Waals surface area contributed by atoms with Gasteiger partial charge < -0.3 is 4.74 Å². The van der Waals surface area contributed by atoms with Crippen molar-refractivity contribution in [2.75, 3.05) is 4.90 Å². The number of benzene rings is 3. The van der Waals surface area contributed by atoms with Crippen LogP contribution >= 0.6 is 12.2 Å². The van der Waals surface area contributed by atoms with E-state index in [2.05, 4.69) is 10.4 Å². The van der Waals surface area contributed by atoms with Crippen LogP contribution in [0.15, 0.2) is 96.8 Å². The molecule has 0 bridgehead atoms. The fourth-order valence-corrected chi connectivity index (χ4v) is 3.88. The van der Waals surface area contributed by atoms with Crippen LogP contribution < -0.4 is 15.0 Å². The van der Waals surface area contributed by atoms with Gasteiger partial charge in [-0.1, -0.05) is 35.9 Å². The average molecular weight is 481 g/mol. The Kier molecular flexibility index (Phi) is 5.95. The molecule has 0 atom stereocenters. The van der Waals surface area contributed by atoms with Crippen LogP contribution in [0.3, 0.4) is 0 Å². The summed E-state index contributed by atoms with van der Waals surface area (Å²) in [5, 5.41) is 6.96. The van der Waals surface area contributed by atoms with E-state index in [1.54, 1.807) is 41.3 Å². The van der Waals surface area contributed by atoms with E-state index < -0.39 is 11.8 Å². The second-order valence-electron chi connectivity index (χ2n) is 7.92. The molecule has 8 heteroatoms. The lowest BCUT2D eigenvalue weighted by Gasteiger charge is -2.28. The van der Waals surface area contributed by atoms with Crippen molar-refractivity contribution >= 4 is 40.9 Å². The quantitative estimate of drug-likeness (QED) is 0.252. The molecule has 35 heavy (non-hydrogen) atoms. The largest absolute Gasteiger partial charge is 0.457 e. The fraction of sp³-hybridized carbons (Fsp3) is 0.0370. The first-order valence-corrected chi connectivity index (χ1v) is 11.2. The molecule has 7 nitrogen and oxygen atoms in total. The normalized spacial score (nSPS) is 14.8. The molecule has 0 unspecified atom stereocenters. The SMILES string of the molecule is Cc1ccc(-n2cc(C=C3C(=O)NC(=S)N(c4ccc(Oc5ccccc5)cc4)C3=O)cn2)cc1. The van der Waals surface area contributed by atoms with Crippen molar-refractivity contribution in [2.24, 2.45) is 0 Å². The Morgan fingerprint density at radius 2 is 1.54 bits per heavy atom. The van der Waals surface area contributed by atoms with Crippen LogP contribution in [0.5, 0.6) is 11.5 Å². The zero-order valence-corrected chi connectivity index (χ0v) is 19.5. The number of carbonyl (C=O) groups is 2. The van der Waals surface area contributed by atoms with E-state index >= 15 is 0 Å². The zero-order valence-electron chi connectivity index (χ0n) is 18.7. The number of thiocarbonyl (C=S) groups is 1. The van der Waals surface area contributed by atoms with E-state index in [0.29, 0.717) is 22.7 Å². The highest BCUT2D eigenvalue weighted by atomic mass is 32.1. The number of rotatable bonds is 5. The molecular weight excluding hydrogens is 460 g/mol. The van der Waals surface area contributed by atoms with Crippen LogP contribution in [-0.4, -0.2) is 26.7 Å². The Hall–Kier alpha value is -4.56. The van der Waals surface area contributed by atoms with E-state index in [0.717, 1.165) is 11.3 Å². The number of carbonyl (C=O) groups excluding carboxylic acids is 2. The third kappa shape index (κ3) is 4.73. The van der Waals surface area contributed by atoms with E-state index in [4.69, 9.17) is 17.0 Å². The van der Waals surface area contributed by atoms with Crippen molar-refractivity contribution < 1.29 is 14.3 Å². The minimum Gasteiger partial charge on any atom is -0.457 e. The Morgan fingerprint density at radius 3 is 2.26 bits per heavy atom. The number of nitrogens with one attached hydrogen (secondary N) is 1. The minimum atomic E-state index is -0.552. The lowest BCUT2D eigenvalue weighted by molar-refractivity contribution is -0.122. The Morgan fingerprint density at radius 1 is 0.886 bits per heavy atom. The van der Waals surface area contributed by atoms with Gasteiger partial charge in [0.2, 0.25) is 0 Å². The van der Waals surface area contributed by atoms with Gasteiger partial charge in [0.1, 0.15) is 17.1 Å². The number of nitrogens with zero attached hydrogens (tertiary/aromatic N) is 3. The van der Waals surface area contributed by atoms with Crippen molar-refractivity contribution in [3.05, 3.63) is 108 Å². The summed E-state index contributed by atoms with van der Waals surface area (Å²) in [6.45, 7) is 2.01. The van der Waals surface area contributed by atoms with Gasteiger partial charge in [0, 0.05) is 11.8 Å². The van der Waals surface area contributed by atoms with Gasteiger partial charge in [0.15, 0.2) is 5.11 Å². The molecular formula is C27H20N4O3S. The molecule has 0 spiro atoms. The molecule has 0 aliphatic carbocycles. The molecule has 1 saturated heterocycles. The molecule has 1 aliphatic heterocycles. The number of anilines is 1. The Balaban J connectivity index is 1.38. The molecule has 0 saturated carbocycles. The van der Waals surface area contributed by atoms with Crippen molar-refractivity contribution in [2.45, 2.75) is 6.92 Å². The Labute approximate surface area is 207 Å². The van der Waals surface area contributed by atoms with Crippen molar-refractivity contribution in [3.63, 3.8) is 0 Å². The van der Waals surface area contributed by atoms with Gasteiger partial charge in [-0.25, -0.2) is 4.68 Å². The maximum atomic E-state index is 13.3. The number of aromatic nitrogens is 2. The predicted molar refractivity (Wildman–Crippen MR) is 137 cm³/mol. The third-order valence-electron chi connectivity index (χ3n) is 5.39. The molecule has 1 fully saturated rings. The first-order chi connectivity index (χ1) is 17.0. The maximum absolute atomic E-state index is 13.3. The minimum absolute atomic E-state index is 0.0178. The molecule has 1 N–H and O–H groups in total. The summed E-state index contributed by atoms with van der Waals surface area (Å²) in [6, 6.07) is 24.2. The summed E-state index contributed by atoms with van der Waals surface area (Å²) in [7, 11) is 0.